The average Bonchev–Trinajstić information content (AvgIpc) is 2.60. The smallest absolute Gasteiger partial charge is 0.224 e. The number of hydrogen-bond acceptors (Lipinski definition) is 2. The highest BCUT2D eigenvalue weighted by Crippen LogP contribution is 2.30. The summed E-state index contributed by atoms with van der Waals surface area (Å²) < 4.78 is 0. The van der Waals surface area contributed by atoms with Crippen LogP contribution < -0.4 is 0 Å². The molecule has 0 spiro atoms. The molecule has 82 valence electrons. The average molecular weight is 214 g/mol. The standard InChI is InChI=1S/C13H14N2O/c1-13(10-14)8-7-12(16)15(13)9-11-5-3-2-4-6-11/h2-6H,7-9H2,1H3. The molecule has 16 heavy (non-hydrogen) atoms. The van der Waals surface area contributed by atoms with Gasteiger partial charge < -0.3 is 4.90 Å². The molecular formula is C13H14N2O. The lowest BCUT2D eigenvalue weighted by Crippen LogP contribution is -2.41. The fourth-order valence-corrected chi connectivity index (χ4v) is 2.04. The van der Waals surface area contributed by atoms with Gasteiger partial charge in [-0.1, -0.05) is 30.3 Å². The van der Waals surface area contributed by atoms with Gasteiger partial charge in [0.15, 0.2) is 0 Å². The molecule has 3 heteroatoms. The van der Waals surface area contributed by atoms with E-state index in [0.29, 0.717) is 19.4 Å². The zero-order chi connectivity index (χ0) is 11.6. The molecule has 1 aromatic rings. The second-order valence-electron chi connectivity index (χ2n) is 4.35. The Labute approximate surface area is 95.3 Å². The van der Waals surface area contributed by atoms with Crippen molar-refractivity contribution in [2.24, 2.45) is 0 Å². The summed E-state index contributed by atoms with van der Waals surface area (Å²) in [6, 6.07) is 12.0. The second kappa shape index (κ2) is 3.97. The minimum atomic E-state index is -0.632. The van der Waals surface area contributed by atoms with E-state index >= 15 is 0 Å². The SMILES string of the molecule is CC1(C#N)CCC(=O)N1Cc1ccccc1. The molecule has 1 aliphatic rings. The molecule has 3 nitrogen and oxygen atoms in total. The second-order valence-corrected chi connectivity index (χ2v) is 4.35. The van der Waals surface area contributed by atoms with Gasteiger partial charge in [0.05, 0.1) is 6.07 Å². The van der Waals surface area contributed by atoms with Crippen LogP contribution in [0.2, 0.25) is 0 Å². The van der Waals surface area contributed by atoms with E-state index in [1.54, 1.807) is 4.90 Å². The molecule has 0 aliphatic carbocycles. The van der Waals surface area contributed by atoms with Crippen molar-refractivity contribution in [3.8, 4) is 6.07 Å². The number of likely N-dealkylation sites (tertiary alicyclic amines) is 1. The number of nitrogens with zero attached hydrogens (tertiary/aromatic N) is 2. The molecule has 0 N–H and O–H groups in total. The number of carbonyl (C=O) groups is 1. The predicted octanol–water partition coefficient (Wildman–Crippen LogP) is 2.09. The Kier molecular flexibility index (Phi) is 2.66. The Morgan fingerprint density at radius 3 is 2.75 bits per heavy atom. The van der Waals surface area contributed by atoms with Crippen LogP contribution in [0.25, 0.3) is 0 Å². The van der Waals surface area contributed by atoms with Crippen LogP contribution >= 0.6 is 0 Å². The molecular weight excluding hydrogens is 200 g/mol. The first kappa shape index (κ1) is 10.7. The number of hydrogen-bond donors (Lipinski definition) is 0. The Balaban J connectivity index is 2.21. The van der Waals surface area contributed by atoms with Crippen molar-refractivity contribution in [2.45, 2.75) is 31.8 Å². The monoisotopic (exact) mass is 214 g/mol. The summed E-state index contributed by atoms with van der Waals surface area (Å²) in [5.41, 5.74) is 0.437. The Bertz CT molecular complexity index is 435. The van der Waals surface area contributed by atoms with E-state index in [9.17, 15) is 4.79 Å². The Morgan fingerprint density at radius 2 is 2.12 bits per heavy atom. The van der Waals surface area contributed by atoms with E-state index in [-0.39, 0.29) is 5.91 Å². The topological polar surface area (TPSA) is 44.1 Å². The van der Waals surface area contributed by atoms with Crippen molar-refractivity contribution in [3.63, 3.8) is 0 Å². The van der Waals surface area contributed by atoms with Gasteiger partial charge in [0.1, 0.15) is 5.54 Å². The van der Waals surface area contributed by atoms with E-state index in [1.165, 1.54) is 0 Å². The summed E-state index contributed by atoms with van der Waals surface area (Å²) in [6.07, 6.45) is 1.12. The summed E-state index contributed by atoms with van der Waals surface area (Å²) >= 11 is 0. The highest BCUT2D eigenvalue weighted by atomic mass is 16.2. The van der Waals surface area contributed by atoms with E-state index in [0.717, 1.165) is 5.56 Å². The fraction of sp³-hybridized carbons (Fsp3) is 0.385. The van der Waals surface area contributed by atoms with Crippen LogP contribution in [0.4, 0.5) is 0 Å². The maximum absolute atomic E-state index is 11.7. The van der Waals surface area contributed by atoms with E-state index in [4.69, 9.17) is 5.26 Å². The summed E-state index contributed by atoms with van der Waals surface area (Å²) in [7, 11) is 0. The molecule has 1 unspecified atom stereocenters. The van der Waals surface area contributed by atoms with E-state index in [1.807, 2.05) is 37.3 Å². The molecule has 1 aromatic carbocycles. The van der Waals surface area contributed by atoms with Gasteiger partial charge in [-0.2, -0.15) is 5.26 Å². The van der Waals surface area contributed by atoms with Gasteiger partial charge in [0.2, 0.25) is 5.91 Å². The van der Waals surface area contributed by atoms with Gasteiger partial charge in [0, 0.05) is 13.0 Å². The summed E-state index contributed by atoms with van der Waals surface area (Å²) in [4.78, 5) is 13.4. The first-order chi connectivity index (χ1) is 7.65. The molecule has 1 amide bonds. The van der Waals surface area contributed by atoms with Crippen molar-refractivity contribution in [2.75, 3.05) is 0 Å². The Hall–Kier alpha value is -1.82. The van der Waals surface area contributed by atoms with Gasteiger partial charge in [-0.25, -0.2) is 0 Å². The Morgan fingerprint density at radius 1 is 1.44 bits per heavy atom. The quantitative estimate of drug-likeness (QED) is 0.756. The molecule has 0 saturated carbocycles. The highest BCUT2D eigenvalue weighted by molar-refractivity contribution is 5.80. The molecule has 1 saturated heterocycles. The number of amides is 1. The lowest BCUT2D eigenvalue weighted by molar-refractivity contribution is -0.130. The number of nitriles is 1. The largest absolute Gasteiger partial charge is 0.320 e. The van der Waals surface area contributed by atoms with Crippen molar-refractivity contribution in [3.05, 3.63) is 35.9 Å². The first-order valence-corrected chi connectivity index (χ1v) is 5.41. The summed E-state index contributed by atoms with van der Waals surface area (Å²) in [5, 5.41) is 9.15. The molecule has 0 radical (unpaired) electrons. The third-order valence-electron chi connectivity index (χ3n) is 3.15. The number of rotatable bonds is 2. The zero-order valence-electron chi connectivity index (χ0n) is 9.31. The minimum absolute atomic E-state index is 0.0768. The van der Waals surface area contributed by atoms with Crippen LogP contribution in [-0.4, -0.2) is 16.3 Å². The lowest BCUT2D eigenvalue weighted by Gasteiger charge is -2.28. The molecule has 1 atom stereocenters. The highest BCUT2D eigenvalue weighted by Gasteiger charge is 2.41. The van der Waals surface area contributed by atoms with Gasteiger partial charge in [-0.15, -0.1) is 0 Å². The first-order valence-electron chi connectivity index (χ1n) is 5.41. The third kappa shape index (κ3) is 1.79. The lowest BCUT2D eigenvalue weighted by atomic mass is 10.0. The van der Waals surface area contributed by atoms with Gasteiger partial charge >= 0.3 is 0 Å². The van der Waals surface area contributed by atoms with Crippen LogP contribution in [-0.2, 0) is 11.3 Å². The van der Waals surface area contributed by atoms with Gasteiger partial charge in [0.25, 0.3) is 0 Å². The zero-order valence-corrected chi connectivity index (χ0v) is 9.31. The molecule has 0 bridgehead atoms. The minimum Gasteiger partial charge on any atom is -0.320 e. The van der Waals surface area contributed by atoms with E-state index in [2.05, 4.69) is 6.07 Å². The maximum Gasteiger partial charge on any atom is 0.224 e. The van der Waals surface area contributed by atoms with E-state index < -0.39 is 5.54 Å². The predicted molar refractivity (Wildman–Crippen MR) is 60.2 cm³/mol. The van der Waals surface area contributed by atoms with Crippen LogP contribution in [0.15, 0.2) is 30.3 Å². The molecule has 1 heterocycles. The van der Waals surface area contributed by atoms with Crippen LogP contribution in [0.5, 0.6) is 0 Å². The van der Waals surface area contributed by atoms with Crippen molar-refractivity contribution >= 4 is 5.91 Å². The molecule has 0 aromatic heterocycles. The normalized spacial score (nSPS) is 24.5. The number of carbonyl (C=O) groups excluding carboxylic acids is 1. The van der Waals surface area contributed by atoms with Gasteiger partial charge in [-0.3, -0.25) is 4.79 Å². The van der Waals surface area contributed by atoms with Crippen LogP contribution in [0.1, 0.15) is 25.3 Å². The fourth-order valence-electron chi connectivity index (χ4n) is 2.04. The molecule has 2 rings (SSSR count). The van der Waals surface area contributed by atoms with Crippen molar-refractivity contribution in [1.82, 2.24) is 4.90 Å². The molecule has 1 aliphatic heterocycles. The molecule has 1 fully saturated rings. The van der Waals surface area contributed by atoms with Crippen molar-refractivity contribution in [1.29, 1.82) is 5.26 Å². The summed E-state index contributed by atoms with van der Waals surface area (Å²) in [5.74, 6) is 0.0768. The van der Waals surface area contributed by atoms with Gasteiger partial charge in [-0.05, 0) is 18.9 Å². The number of benzene rings is 1. The van der Waals surface area contributed by atoms with Crippen LogP contribution in [0.3, 0.4) is 0 Å². The van der Waals surface area contributed by atoms with Crippen molar-refractivity contribution < 1.29 is 4.79 Å². The third-order valence-corrected chi connectivity index (χ3v) is 3.15. The van der Waals surface area contributed by atoms with Crippen LogP contribution in [0, 0.1) is 11.3 Å². The maximum atomic E-state index is 11.7. The summed E-state index contributed by atoms with van der Waals surface area (Å²) in [6.45, 7) is 2.37.